The van der Waals surface area contributed by atoms with Crippen molar-refractivity contribution in [2.24, 2.45) is 5.73 Å². The van der Waals surface area contributed by atoms with Gasteiger partial charge in [0.1, 0.15) is 12.4 Å². The van der Waals surface area contributed by atoms with E-state index in [4.69, 9.17) is 19.9 Å². The van der Waals surface area contributed by atoms with Gasteiger partial charge in [0.05, 0.1) is 12.7 Å². The fraction of sp³-hybridized carbons (Fsp3) is 0.176. The van der Waals surface area contributed by atoms with E-state index in [9.17, 15) is 14.0 Å². The van der Waals surface area contributed by atoms with Crippen molar-refractivity contribution in [3.05, 3.63) is 59.4 Å². The molecule has 0 aliphatic heterocycles. The third kappa shape index (κ3) is 4.70. The Labute approximate surface area is 137 Å². The molecule has 0 fully saturated rings. The van der Waals surface area contributed by atoms with Crippen LogP contribution in [0.1, 0.15) is 15.9 Å². The van der Waals surface area contributed by atoms with Crippen LogP contribution in [0.25, 0.3) is 0 Å². The van der Waals surface area contributed by atoms with Gasteiger partial charge >= 0.3 is 5.97 Å². The molecule has 0 radical (unpaired) electrons. The number of methoxy groups -OCH3 is 1. The Morgan fingerprint density at radius 1 is 1.12 bits per heavy atom. The Balaban J connectivity index is 2.05. The first-order valence-corrected chi connectivity index (χ1v) is 7.00. The standard InChI is InChI=1S/C17H16FNO5/c1-22-15-8-12(5-6-14(15)23-10-16(19)20)17(21)24-9-11-3-2-4-13(18)7-11/h2-8H,9-10H2,1H3,(H2,19,20). The summed E-state index contributed by atoms with van der Waals surface area (Å²) >= 11 is 0. The summed E-state index contributed by atoms with van der Waals surface area (Å²) in [5.41, 5.74) is 5.78. The molecule has 0 unspecified atom stereocenters. The minimum Gasteiger partial charge on any atom is -0.493 e. The lowest BCUT2D eigenvalue weighted by Crippen LogP contribution is -2.20. The van der Waals surface area contributed by atoms with Gasteiger partial charge in [0, 0.05) is 0 Å². The molecule has 24 heavy (non-hydrogen) atoms. The molecule has 0 aliphatic carbocycles. The van der Waals surface area contributed by atoms with Crippen LogP contribution in [0.15, 0.2) is 42.5 Å². The molecule has 0 saturated carbocycles. The number of carbonyl (C=O) groups is 2. The average molecular weight is 333 g/mol. The van der Waals surface area contributed by atoms with Crippen molar-refractivity contribution in [3.8, 4) is 11.5 Å². The normalized spacial score (nSPS) is 10.1. The van der Waals surface area contributed by atoms with Crippen LogP contribution in [-0.4, -0.2) is 25.6 Å². The summed E-state index contributed by atoms with van der Waals surface area (Å²) in [6, 6.07) is 10.1. The molecular weight excluding hydrogens is 317 g/mol. The Morgan fingerprint density at radius 2 is 1.92 bits per heavy atom. The van der Waals surface area contributed by atoms with Gasteiger partial charge in [-0.1, -0.05) is 12.1 Å². The van der Waals surface area contributed by atoms with Crippen LogP contribution < -0.4 is 15.2 Å². The molecule has 6 nitrogen and oxygen atoms in total. The number of amides is 1. The maximum atomic E-state index is 13.1. The van der Waals surface area contributed by atoms with Crippen molar-refractivity contribution >= 4 is 11.9 Å². The molecule has 1 amide bonds. The van der Waals surface area contributed by atoms with Crippen LogP contribution in [0.3, 0.4) is 0 Å². The fourth-order valence-electron chi connectivity index (χ4n) is 1.92. The van der Waals surface area contributed by atoms with Crippen LogP contribution in [0, 0.1) is 5.82 Å². The van der Waals surface area contributed by atoms with E-state index >= 15 is 0 Å². The first-order chi connectivity index (χ1) is 11.5. The molecule has 2 aromatic carbocycles. The number of carbonyl (C=O) groups excluding carboxylic acids is 2. The lowest BCUT2D eigenvalue weighted by Gasteiger charge is -2.11. The minimum absolute atomic E-state index is 0.0567. The Bertz CT molecular complexity index is 748. The van der Waals surface area contributed by atoms with Crippen LogP contribution in [0.4, 0.5) is 4.39 Å². The summed E-state index contributed by atoms with van der Waals surface area (Å²) in [4.78, 5) is 22.8. The van der Waals surface area contributed by atoms with Gasteiger partial charge in [-0.2, -0.15) is 0 Å². The number of ether oxygens (including phenoxy) is 3. The largest absolute Gasteiger partial charge is 0.493 e. The summed E-state index contributed by atoms with van der Waals surface area (Å²) in [5, 5.41) is 0. The fourth-order valence-corrected chi connectivity index (χ4v) is 1.92. The smallest absolute Gasteiger partial charge is 0.338 e. The van der Waals surface area contributed by atoms with E-state index in [-0.39, 0.29) is 30.3 Å². The van der Waals surface area contributed by atoms with Gasteiger partial charge in [0.25, 0.3) is 5.91 Å². The summed E-state index contributed by atoms with van der Waals surface area (Å²) in [6.07, 6.45) is 0. The molecule has 0 bridgehead atoms. The maximum absolute atomic E-state index is 13.1. The monoisotopic (exact) mass is 333 g/mol. The van der Waals surface area contributed by atoms with Crippen LogP contribution in [-0.2, 0) is 16.1 Å². The molecule has 2 aromatic rings. The molecule has 126 valence electrons. The quantitative estimate of drug-likeness (QED) is 0.784. The predicted octanol–water partition coefficient (Wildman–Crippen LogP) is 2.06. The van der Waals surface area contributed by atoms with Crippen molar-refractivity contribution in [1.82, 2.24) is 0 Å². The first kappa shape index (κ1) is 17.3. The van der Waals surface area contributed by atoms with E-state index in [1.165, 1.54) is 43.5 Å². The summed E-state index contributed by atoms with van der Waals surface area (Å²) in [7, 11) is 1.40. The Morgan fingerprint density at radius 3 is 2.58 bits per heavy atom. The lowest BCUT2D eigenvalue weighted by atomic mass is 10.2. The Kier molecular flexibility index (Phi) is 5.73. The second-order valence-corrected chi connectivity index (χ2v) is 4.83. The third-order valence-corrected chi connectivity index (χ3v) is 3.03. The van der Waals surface area contributed by atoms with Gasteiger partial charge < -0.3 is 19.9 Å². The van der Waals surface area contributed by atoms with Gasteiger partial charge in [-0.25, -0.2) is 9.18 Å². The number of esters is 1. The van der Waals surface area contributed by atoms with Crippen molar-refractivity contribution in [2.75, 3.05) is 13.7 Å². The average Bonchev–Trinajstić information content (AvgIpc) is 2.57. The van der Waals surface area contributed by atoms with Crippen molar-refractivity contribution < 1.29 is 28.2 Å². The van der Waals surface area contributed by atoms with E-state index in [1.807, 2.05) is 0 Å². The molecular formula is C17H16FNO5. The number of rotatable bonds is 7. The SMILES string of the molecule is COc1cc(C(=O)OCc2cccc(F)c2)ccc1OCC(N)=O. The summed E-state index contributed by atoms with van der Waals surface area (Å²) in [6.45, 7) is -0.363. The maximum Gasteiger partial charge on any atom is 0.338 e. The van der Waals surface area contributed by atoms with E-state index in [0.717, 1.165) is 0 Å². The number of primary amides is 1. The number of nitrogens with two attached hydrogens (primary N) is 1. The number of hydrogen-bond donors (Lipinski definition) is 1. The highest BCUT2D eigenvalue weighted by Gasteiger charge is 2.13. The summed E-state index contributed by atoms with van der Waals surface area (Å²) in [5.74, 6) is -1.09. The van der Waals surface area contributed by atoms with Gasteiger partial charge in [-0.3, -0.25) is 4.79 Å². The second kappa shape index (κ2) is 7.96. The summed E-state index contributed by atoms with van der Waals surface area (Å²) < 4.78 is 28.5. The molecule has 0 saturated heterocycles. The first-order valence-electron chi connectivity index (χ1n) is 7.00. The molecule has 0 spiro atoms. The highest BCUT2D eigenvalue weighted by molar-refractivity contribution is 5.90. The van der Waals surface area contributed by atoms with E-state index in [0.29, 0.717) is 5.56 Å². The van der Waals surface area contributed by atoms with E-state index in [2.05, 4.69) is 0 Å². The lowest BCUT2D eigenvalue weighted by molar-refractivity contribution is -0.119. The van der Waals surface area contributed by atoms with Crippen LogP contribution in [0.2, 0.25) is 0 Å². The van der Waals surface area contributed by atoms with Gasteiger partial charge in [-0.15, -0.1) is 0 Å². The molecule has 0 aromatic heterocycles. The highest BCUT2D eigenvalue weighted by Crippen LogP contribution is 2.28. The molecule has 7 heteroatoms. The van der Waals surface area contributed by atoms with Crippen LogP contribution in [0.5, 0.6) is 11.5 Å². The highest BCUT2D eigenvalue weighted by atomic mass is 19.1. The second-order valence-electron chi connectivity index (χ2n) is 4.83. The molecule has 0 aliphatic rings. The molecule has 2 rings (SSSR count). The van der Waals surface area contributed by atoms with Crippen molar-refractivity contribution in [1.29, 1.82) is 0 Å². The Hall–Kier alpha value is -3.09. The van der Waals surface area contributed by atoms with Gasteiger partial charge in [-0.05, 0) is 35.9 Å². The third-order valence-electron chi connectivity index (χ3n) is 3.03. The molecule has 0 atom stereocenters. The van der Waals surface area contributed by atoms with Gasteiger partial charge in [0.2, 0.25) is 0 Å². The van der Waals surface area contributed by atoms with Gasteiger partial charge in [0.15, 0.2) is 18.1 Å². The number of hydrogen-bond acceptors (Lipinski definition) is 5. The zero-order valence-electron chi connectivity index (χ0n) is 13.0. The minimum atomic E-state index is -0.629. The zero-order valence-corrected chi connectivity index (χ0v) is 13.0. The van der Waals surface area contributed by atoms with Crippen molar-refractivity contribution in [2.45, 2.75) is 6.61 Å². The molecule has 2 N–H and O–H groups in total. The number of benzene rings is 2. The molecule has 0 heterocycles. The van der Waals surface area contributed by atoms with E-state index < -0.39 is 17.7 Å². The van der Waals surface area contributed by atoms with Crippen molar-refractivity contribution in [3.63, 3.8) is 0 Å². The topological polar surface area (TPSA) is 87.8 Å². The predicted molar refractivity (Wildman–Crippen MR) is 83.2 cm³/mol. The number of halogens is 1. The van der Waals surface area contributed by atoms with E-state index in [1.54, 1.807) is 6.07 Å². The zero-order chi connectivity index (χ0) is 17.5. The van der Waals surface area contributed by atoms with Crippen LogP contribution >= 0.6 is 0 Å².